The highest BCUT2D eigenvalue weighted by molar-refractivity contribution is 9.10. The van der Waals surface area contributed by atoms with Crippen molar-refractivity contribution in [1.82, 2.24) is 24.4 Å². The first kappa shape index (κ1) is 39.9. The Bertz CT molecular complexity index is 1620. The molecule has 10 nitrogen and oxygen atoms in total. The molecule has 1 aliphatic rings. The zero-order chi connectivity index (χ0) is 36.3. The number of aryl methyl sites for hydroxylation is 1. The number of allylic oxidation sites excluding steroid dienone is 4. The maximum atomic E-state index is 14.2. The van der Waals surface area contributed by atoms with Crippen LogP contribution in [-0.4, -0.2) is 62.0 Å². The van der Waals surface area contributed by atoms with Crippen molar-refractivity contribution < 1.29 is 14.3 Å². The molecule has 0 aliphatic carbocycles. The lowest BCUT2D eigenvalue weighted by atomic mass is 9.85. The van der Waals surface area contributed by atoms with Gasteiger partial charge < -0.3 is 14.6 Å². The molecule has 1 aromatic carbocycles. The lowest BCUT2D eigenvalue weighted by Crippen LogP contribution is -2.45. The van der Waals surface area contributed by atoms with E-state index in [-0.39, 0.29) is 30.3 Å². The number of carbonyl (C=O) groups excluding carboxylic acids is 2. The summed E-state index contributed by atoms with van der Waals surface area (Å²) in [4.78, 5) is 46.5. The Kier molecular flexibility index (Phi) is 17.3. The Morgan fingerprint density at radius 1 is 0.980 bits per heavy atom. The number of halogens is 1. The maximum Gasteiger partial charge on any atom is 0.305 e. The number of imidazole rings is 1. The van der Waals surface area contributed by atoms with Crippen molar-refractivity contribution in [2.75, 3.05) is 25.0 Å². The predicted molar refractivity (Wildman–Crippen MR) is 209 cm³/mol. The fraction of sp³-hybridized carbons (Fsp3) is 0.550. The van der Waals surface area contributed by atoms with Crippen LogP contribution >= 0.6 is 15.9 Å². The smallest absolute Gasteiger partial charge is 0.305 e. The summed E-state index contributed by atoms with van der Waals surface area (Å²) >= 11 is 3.65. The molecule has 11 heteroatoms. The zero-order valence-corrected chi connectivity index (χ0v) is 32.3. The number of guanidine groups is 1. The van der Waals surface area contributed by atoms with Gasteiger partial charge in [0.2, 0.25) is 11.9 Å². The number of anilines is 1. The number of hydrogen-bond acceptors (Lipinski definition) is 8. The van der Waals surface area contributed by atoms with Gasteiger partial charge in [-0.05, 0) is 79.4 Å². The highest BCUT2D eigenvalue weighted by atomic mass is 79.9. The summed E-state index contributed by atoms with van der Waals surface area (Å²) in [5.41, 5.74) is 3.24. The third-order valence-corrected chi connectivity index (χ3v) is 10.2. The molecule has 1 amide bonds. The van der Waals surface area contributed by atoms with Crippen molar-refractivity contribution in [3.63, 3.8) is 0 Å². The number of hydrogen-bond donors (Lipinski definition) is 1. The van der Waals surface area contributed by atoms with Gasteiger partial charge in [-0.25, -0.2) is 4.98 Å². The second-order valence-corrected chi connectivity index (χ2v) is 14.1. The molecule has 276 valence electrons. The number of esters is 1. The van der Waals surface area contributed by atoms with Crippen LogP contribution in [-0.2, 0) is 27.8 Å². The SMILES string of the molecule is CCCCC/C=C\C/C=C\CCCCCCCC(=O)OC[C@H](Cc1cncn1C)[C@H](CC)C(=O)N1CCN=C1Nc1ccc2nccnc2c1Br. The molecule has 4 rings (SSSR count). The Balaban J connectivity index is 1.24. The average molecular weight is 763 g/mol. The first-order valence-electron chi connectivity index (χ1n) is 18.9. The molecule has 0 fully saturated rings. The molecule has 51 heavy (non-hydrogen) atoms. The number of nitrogens with zero attached hydrogens (tertiary/aromatic N) is 6. The fourth-order valence-electron chi connectivity index (χ4n) is 6.42. The fourth-order valence-corrected chi connectivity index (χ4v) is 6.96. The van der Waals surface area contributed by atoms with Gasteiger partial charge in [0, 0.05) is 56.1 Å². The number of amides is 1. The Morgan fingerprint density at radius 2 is 1.73 bits per heavy atom. The Labute approximate surface area is 312 Å². The maximum absolute atomic E-state index is 14.2. The molecule has 1 aliphatic heterocycles. The number of ether oxygens (including phenoxy) is 1. The third-order valence-electron chi connectivity index (χ3n) is 9.44. The van der Waals surface area contributed by atoms with Crippen LogP contribution in [0.25, 0.3) is 11.0 Å². The Morgan fingerprint density at radius 3 is 2.47 bits per heavy atom. The summed E-state index contributed by atoms with van der Waals surface area (Å²) in [5.74, 6) is -0.321. The third kappa shape index (κ3) is 12.7. The summed E-state index contributed by atoms with van der Waals surface area (Å²) in [7, 11) is 1.94. The van der Waals surface area contributed by atoms with Crippen LogP contribution in [0.5, 0.6) is 0 Å². The molecule has 3 aromatic rings. The normalized spacial score (nSPS) is 14.4. The van der Waals surface area contributed by atoms with Gasteiger partial charge in [-0.3, -0.25) is 29.4 Å². The summed E-state index contributed by atoms with van der Waals surface area (Å²) < 4.78 is 8.58. The topological polar surface area (TPSA) is 115 Å². The quantitative estimate of drug-likeness (QED) is 0.0618. The van der Waals surface area contributed by atoms with Crippen LogP contribution in [0.4, 0.5) is 5.69 Å². The van der Waals surface area contributed by atoms with Gasteiger partial charge in [0.15, 0.2) is 0 Å². The molecule has 0 radical (unpaired) electrons. The first-order chi connectivity index (χ1) is 24.9. The van der Waals surface area contributed by atoms with Crippen molar-refractivity contribution in [1.29, 1.82) is 0 Å². The lowest BCUT2D eigenvalue weighted by molar-refractivity contribution is -0.148. The molecule has 0 bridgehead atoms. The summed E-state index contributed by atoms with van der Waals surface area (Å²) in [5, 5.41) is 3.35. The monoisotopic (exact) mass is 761 g/mol. The highest BCUT2D eigenvalue weighted by Gasteiger charge is 2.35. The van der Waals surface area contributed by atoms with E-state index in [1.165, 1.54) is 38.5 Å². The van der Waals surface area contributed by atoms with E-state index in [1.807, 2.05) is 36.9 Å². The molecule has 0 spiro atoms. The first-order valence-corrected chi connectivity index (χ1v) is 19.6. The van der Waals surface area contributed by atoms with Crippen LogP contribution < -0.4 is 5.32 Å². The van der Waals surface area contributed by atoms with Crippen molar-refractivity contribution in [2.45, 2.75) is 104 Å². The van der Waals surface area contributed by atoms with Gasteiger partial charge in [-0.1, -0.05) is 70.3 Å². The molecule has 1 N–H and O–H groups in total. The van der Waals surface area contributed by atoms with Gasteiger partial charge >= 0.3 is 5.97 Å². The standard InChI is InChI=1S/C40H56BrN7O3/c1-4-6-7-8-9-10-11-12-13-14-15-16-17-18-19-20-36(49)51-29-31(27-32-28-42-30-47(32)3)33(5-2)39(50)48-26-25-45-40(48)46-34-21-22-35-38(37(34)41)44-24-23-43-35/h9-10,12-13,21-24,28,30-31,33H,4-8,11,14-20,25-27,29H2,1-3H3,(H,45,46)/b10-9-,13-12-/t31-,33-/m0/s1. The molecule has 3 heterocycles. The van der Waals surface area contributed by atoms with Crippen LogP contribution in [0.2, 0.25) is 0 Å². The van der Waals surface area contributed by atoms with Crippen LogP contribution in [0.15, 0.2) is 70.8 Å². The van der Waals surface area contributed by atoms with Gasteiger partial charge in [-0.15, -0.1) is 0 Å². The van der Waals surface area contributed by atoms with E-state index >= 15 is 0 Å². The molecule has 0 saturated heterocycles. The van der Waals surface area contributed by atoms with Gasteiger partial charge in [0.25, 0.3) is 0 Å². The number of aromatic nitrogens is 4. The van der Waals surface area contributed by atoms with Crippen molar-refractivity contribution >= 4 is 50.5 Å². The van der Waals surface area contributed by atoms with Gasteiger partial charge in [-0.2, -0.15) is 0 Å². The van der Waals surface area contributed by atoms with E-state index in [2.05, 4.69) is 72.4 Å². The molecule has 2 atom stereocenters. The Hall–Kier alpha value is -3.86. The van der Waals surface area contributed by atoms with Crippen LogP contribution in [0.1, 0.15) is 103 Å². The molecule has 0 unspecified atom stereocenters. The largest absolute Gasteiger partial charge is 0.465 e. The van der Waals surface area contributed by atoms with E-state index in [0.717, 1.165) is 59.0 Å². The molecule has 2 aromatic heterocycles. The lowest BCUT2D eigenvalue weighted by Gasteiger charge is -2.30. The highest BCUT2D eigenvalue weighted by Crippen LogP contribution is 2.30. The van der Waals surface area contributed by atoms with E-state index in [4.69, 9.17) is 4.74 Å². The molecular formula is C40H56BrN7O3. The van der Waals surface area contributed by atoms with Gasteiger partial charge in [0.1, 0.15) is 5.52 Å². The van der Waals surface area contributed by atoms with Crippen molar-refractivity contribution in [3.8, 4) is 0 Å². The summed E-state index contributed by atoms with van der Waals surface area (Å²) in [6.07, 6.45) is 30.1. The zero-order valence-electron chi connectivity index (χ0n) is 30.7. The number of unbranched alkanes of at least 4 members (excludes halogenated alkanes) is 8. The van der Waals surface area contributed by atoms with E-state index in [1.54, 1.807) is 23.6 Å². The van der Waals surface area contributed by atoms with Crippen LogP contribution in [0, 0.1) is 11.8 Å². The van der Waals surface area contributed by atoms with E-state index < -0.39 is 0 Å². The number of carbonyl (C=O) groups is 2. The second-order valence-electron chi connectivity index (χ2n) is 13.3. The van der Waals surface area contributed by atoms with Gasteiger partial charge in [0.05, 0.1) is 35.2 Å². The predicted octanol–water partition coefficient (Wildman–Crippen LogP) is 8.98. The average Bonchev–Trinajstić information content (AvgIpc) is 3.78. The van der Waals surface area contributed by atoms with E-state index in [9.17, 15) is 9.59 Å². The minimum absolute atomic E-state index is 0.0325. The number of aliphatic imine (C=N–C) groups is 1. The minimum atomic E-state index is -0.375. The molecular weight excluding hydrogens is 706 g/mol. The number of nitrogens with one attached hydrogen (secondary N) is 1. The number of rotatable bonds is 22. The van der Waals surface area contributed by atoms with E-state index in [0.29, 0.717) is 38.3 Å². The number of fused-ring (bicyclic) bond motifs is 1. The second kappa shape index (κ2) is 22.2. The summed E-state index contributed by atoms with van der Waals surface area (Å²) in [6.45, 7) is 5.42. The van der Waals surface area contributed by atoms with Crippen LogP contribution in [0.3, 0.4) is 0 Å². The summed E-state index contributed by atoms with van der Waals surface area (Å²) in [6, 6.07) is 3.79. The van der Waals surface area contributed by atoms with Crippen molar-refractivity contribution in [3.05, 3.63) is 71.5 Å². The molecule has 0 saturated carbocycles. The number of benzene rings is 1. The minimum Gasteiger partial charge on any atom is -0.465 e. The van der Waals surface area contributed by atoms with Crippen molar-refractivity contribution in [2.24, 2.45) is 23.9 Å².